The second kappa shape index (κ2) is 11.2. The molecule has 0 atom stereocenters. The number of piperazine rings is 1. The lowest BCUT2D eigenvalue weighted by molar-refractivity contribution is -0.121. The summed E-state index contributed by atoms with van der Waals surface area (Å²) in [7, 11) is 0. The van der Waals surface area contributed by atoms with E-state index in [1.165, 1.54) is 0 Å². The van der Waals surface area contributed by atoms with E-state index >= 15 is 0 Å². The Hall–Kier alpha value is -2.87. The molecule has 1 amide bonds. The molecular weight excluding hydrogens is 368 g/mol. The Balaban J connectivity index is 1.41. The molecule has 1 aromatic heterocycles. The number of nitrogens with zero attached hydrogens (tertiary/aromatic N) is 4. The maximum absolute atomic E-state index is 12.1. The number of hydrogen-bond acceptors (Lipinski definition) is 5. The highest BCUT2D eigenvalue weighted by Gasteiger charge is 2.20. The van der Waals surface area contributed by atoms with Gasteiger partial charge in [0.25, 0.3) is 0 Å². The van der Waals surface area contributed by atoms with Gasteiger partial charge in [0.05, 0.1) is 12.2 Å². The van der Waals surface area contributed by atoms with Crippen LogP contribution in [0.3, 0.4) is 0 Å². The van der Waals surface area contributed by atoms with Crippen LogP contribution in [0.5, 0.6) is 0 Å². The number of aromatic nitrogens is 1. The van der Waals surface area contributed by atoms with E-state index in [4.69, 9.17) is 4.52 Å². The largest absolute Gasteiger partial charge is 0.364 e. The van der Waals surface area contributed by atoms with E-state index in [1.807, 2.05) is 36.4 Å². The molecule has 0 saturated carbocycles. The predicted molar refractivity (Wildman–Crippen MR) is 112 cm³/mol. The smallest absolute Gasteiger partial charge is 0.222 e. The van der Waals surface area contributed by atoms with Crippen molar-refractivity contribution in [2.45, 2.75) is 26.4 Å². The summed E-state index contributed by atoms with van der Waals surface area (Å²) in [5.41, 5.74) is 2.06. The molecule has 0 bridgehead atoms. The van der Waals surface area contributed by atoms with Crippen molar-refractivity contribution >= 4 is 11.9 Å². The third kappa shape index (κ3) is 6.90. The summed E-state index contributed by atoms with van der Waals surface area (Å²) in [4.78, 5) is 21.4. The molecule has 0 unspecified atom stereocenters. The second-order valence-electron chi connectivity index (χ2n) is 7.00. The molecule has 0 spiro atoms. The summed E-state index contributed by atoms with van der Waals surface area (Å²) in [5, 5.41) is 10.3. The van der Waals surface area contributed by atoms with Crippen LogP contribution in [0.2, 0.25) is 0 Å². The van der Waals surface area contributed by atoms with Crippen LogP contribution in [-0.2, 0) is 17.9 Å². The summed E-state index contributed by atoms with van der Waals surface area (Å²) < 4.78 is 4.90. The second-order valence-corrected chi connectivity index (χ2v) is 7.00. The molecule has 2 N–H and O–H groups in total. The van der Waals surface area contributed by atoms with E-state index in [9.17, 15) is 4.79 Å². The van der Waals surface area contributed by atoms with E-state index in [0.29, 0.717) is 19.5 Å². The molecule has 29 heavy (non-hydrogen) atoms. The fourth-order valence-corrected chi connectivity index (χ4v) is 3.24. The zero-order valence-electron chi connectivity index (χ0n) is 17.0. The van der Waals surface area contributed by atoms with Gasteiger partial charge < -0.3 is 20.1 Å². The number of nitrogens with one attached hydrogen (secondary N) is 2. The highest BCUT2D eigenvalue weighted by Crippen LogP contribution is 2.07. The van der Waals surface area contributed by atoms with Gasteiger partial charge in [-0.15, -0.1) is 0 Å². The summed E-state index contributed by atoms with van der Waals surface area (Å²) in [6, 6.07) is 11.8. The fourth-order valence-electron chi connectivity index (χ4n) is 3.24. The number of carbonyl (C=O) groups is 1. The topological polar surface area (TPSA) is 86.0 Å². The lowest BCUT2D eigenvalue weighted by Crippen LogP contribution is -2.52. The maximum Gasteiger partial charge on any atom is 0.222 e. The Morgan fingerprint density at radius 3 is 2.62 bits per heavy atom. The Morgan fingerprint density at radius 2 is 1.93 bits per heavy atom. The quantitative estimate of drug-likeness (QED) is 0.517. The van der Waals surface area contributed by atoms with Crippen LogP contribution in [0.15, 0.2) is 52.2 Å². The van der Waals surface area contributed by atoms with Crippen LogP contribution in [-0.4, -0.2) is 66.1 Å². The van der Waals surface area contributed by atoms with Gasteiger partial charge in [0.2, 0.25) is 5.91 Å². The summed E-state index contributed by atoms with van der Waals surface area (Å²) in [6.07, 6.45) is 1.99. The van der Waals surface area contributed by atoms with Gasteiger partial charge in [-0.25, -0.2) is 0 Å². The lowest BCUT2D eigenvalue weighted by atomic mass is 10.2. The Bertz CT molecular complexity index is 755. The Kier molecular flexibility index (Phi) is 8.06. The van der Waals surface area contributed by atoms with E-state index < -0.39 is 0 Å². The minimum absolute atomic E-state index is 0.0193. The third-order valence-electron chi connectivity index (χ3n) is 4.82. The summed E-state index contributed by atoms with van der Waals surface area (Å²) >= 11 is 0. The average Bonchev–Trinajstić information content (AvgIpc) is 3.26. The molecule has 1 aliphatic heterocycles. The van der Waals surface area contributed by atoms with Gasteiger partial charge in [0, 0.05) is 58.3 Å². The van der Waals surface area contributed by atoms with Crippen LogP contribution in [0.1, 0.15) is 24.6 Å². The third-order valence-corrected chi connectivity index (χ3v) is 4.82. The molecular formula is C21H30N6O2. The van der Waals surface area contributed by atoms with Gasteiger partial charge in [-0.3, -0.25) is 14.7 Å². The lowest BCUT2D eigenvalue weighted by Gasteiger charge is -2.36. The molecule has 1 aromatic carbocycles. The molecule has 3 rings (SSSR count). The number of aliphatic imine (C=N–C) groups is 1. The normalized spacial score (nSPS) is 15.3. The molecule has 0 radical (unpaired) electrons. The van der Waals surface area contributed by atoms with Crippen molar-refractivity contribution in [3.8, 4) is 0 Å². The van der Waals surface area contributed by atoms with Gasteiger partial charge in [0.1, 0.15) is 6.26 Å². The minimum atomic E-state index is 0.0193. The fraction of sp³-hybridized carbons (Fsp3) is 0.476. The van der Waals surface area contributed by atoms with E-state index in [0.717, 1.165) is 56.5 Å². The van der Waals surface area contributed by atoms with Crippen molar-refractivity contribution in [1.29, 1.82) is 0 Å². The number of hydrogen-bond donors (Lipinski definition) is 2. The average molecular weight is 399 g/mol. The summed E-state index contributed by atoms with van der Waals surface area (Å²) in [6.45, 7) is 8.36. The van der Waals surface area contributed by atoms with Crippen molar-refractivity contribution in [2.24, 2.45) is 4.99 Å². The number of benzene rings is 1. The first kappa shape index (κ1) is 20.9. The van der Waals surface area contributed by atoms with Gasteiger partial charge in [-0.1, -0.05) is 35.5 Å². The number of amides is 1. The van der Waals surface area contributed by atoms with Crippen LogP contribution in [0, 0.1) is 0 Å². The molecule has 1 aliphatic rings. The van der Waals surface area contributed by atoms with E-state index in [2.05, 4.69) is 37.5 Å². The van der Waals surface area contributed by atoms with Crippen LogP contribution < -0.4 is 10.6 Å². The van der Waals surface area contributed by atoms with Gasteiger partial charge in [-0.05, 0) is 12.5 Å². The molecule has 1 fully saturated rings. The van der Waals surface area contributed by atoms with E-state index in [1.54, 1.807) is 6.26 Å². The first-order chi connectivity index (χ1) is 14.2. The Labute approximate surface area is 172 Å². The zero-order chi connectivity index (χ0) is 20.3. The van der Waals surface area contributed by atoms with Gasteiger partial charge >= 0.3 is 0 Å². The van der Waals surface area contributed by atoms with Gasteiger partial charge in [-0.2, -0.15) is 0 Å². The highest BCUT2D eigenvalue weighted by atomic mass is 16.5. The predicted octanol–water partition coefficient (Wildman–Crippen LogP) is 1.46. The maximum atomic E-state index is 12.1. The number of rotatable bonds is 8. The van der Waals surface area contributed by atoms with Crippen LogP contribution in [0.25, 0.3) is 0 Å². The number of guanidine groups is 1. The standard InChI is InChI=1S/C21H30N6O2/c1-2-22-21(23-10-8-20(28)24-16-18-6-4-3-5-7-18)27-13-11-26(12-14-27)17-19-9-15-29-25-19/h3-7,9,15H,2,8,10-14,16-17H2,1H3,(H,22,23)(H,24,28). The molecule has 8 nitrogen and oxygen atoms in total. The first-order valence-electron chi connectivity index (χ1n) is 10.2. The van der Waals surface area contributed by atoms with Crippen molar-refractivity contribution in [3.63, 3.8) is 0 Å². The molecule has 1 saturated heterocycles. The minimum Gasteiger partial charge on any atom is -0.364 e. The molecule has 8 heteroatoms. The van der Waals surface area contributed by atoms with Crippen molar-refractivity contribution < 1.29 is 9.32 Å². The van der Waals surface area contributed by atoms with Crippen molar-refractivity contribution in [2.75, 3.05) is 39.3 Å². The number of carbonyl (C=O) groups excluding carboxylic acids is 1. The SMILES string of the molecule is CCNC(=NCCC(=O)NCc1ccccc1)N1CCN(Cc2ccon2)CC1. The monoisotopic (exact) mass is 398 g/mol. The van der Waals surface area contributed by atoms with E-state index in [-0.39, 0.29) is 5.91 Å². The van der Waals surface area contributed by atoms with Gasteiger partial charge in [0.15, 0.2) is 5.96 Å². The molecule has 0 aliphatic carbocycles. The highest BCUT2D eigenvalue weighted by molar-refractivity contribution is 5.81. The van der Waals surface area contributed by atoms with Crippen molar-refractivity contribution in [1.82, 2.24) is 25.6 Å². The van der Waals surface area contributed by atoms with Crippen LogP contribution in [0.4, 0.5) is 0 Å². The molecule has 2 aromatic rings. The van der Waals surface area contributed by atoms with Crippen molar-refractivity contribution in [3.05, 3.63) is 53.9 Å². The first-order valence-corrected chi connectivity index (χ1v) is 10.2. The summed E-state index contributed by atoms with van der Waals surface area (Å²) in [5.74, 6) is 0.898. The Morgan fingerprint density at radius 1 is 1.14 bits per heavy atom. The zero-order valence-corrected chi connectivity index (χ0v) is 17.0. The van der Waals surface area contributed by atoms with Crippen LogP contribution >= 0.6 is 0 Å². The molecule has 2 heterocycles. The molecule has 156 valence electrons.